The lowest BCUT2D eigenvalue weighted by atomic mass is 10.0. The van der Waals surface area contributed by atoms with Crippen molar-refractivity contribution in [3.63, 3.8) is 0 Å². The number of rotatable bonds is 52. The van der Waals surface area contributed by atoms with Gasteiger partial charge >= 0.3 is 17.9 Å². The van der Waals surface area contributed by atoms with Gasteiger partial charge in [-0.05, 0) is 109 Å². The largest absolute Gasteiger partial charge is 0.462 e. The molecule has 1 unspecified atom stereocenters. The molecule has 0 saturated carbocycles. The zero-order valence-electron chi connectivity index (χ0n) is 46.7. The molecule has 0 aliphatic heterocycles. The van der Waals surface area contributed by atoms with E-state index in [1.54, 1.807) is 0 Å². The molecule has 0 heterocycles. The molecular formula is C66H108O6. The first-order valence-electron chi connectivity index (χ1n) is 29.5. The average molecular weight is 998 g/mol. The van der Waals surface area contributed by atoms with Crippen molar-refractivity contribution >= 4 is 17.9 Å². The first-order valence-corrected chi connectivity index (χ1v) is 29.5. The molecule has 0 aromatic carbocycles. The van der Waals surface area contributed by atoms with Crippen molar-refractivity contribution < 1.29 is 28.6 Å². The lowest BCUT2D eigenvalue weighted by Gasteiger charge is -2.18. The maximum atomic E-state index is 12.8. The van der Waals surface area contributed by atoms with Crippen LogP contribution in [-0.4, -0.2) is 37.2 Å². The average Bonchev–Trinajstić information content (AvgIpc) is 3.38. The minimum atomic E-state index is -0.817. The molecule has 0 spiro atoms. The van der Waals surface area contributed by atoms with Gasteiger partial charge in [0.25, 0.3) is 0 Å². The highest BCUT2D eigenvalue weighted by Gasteiger charge is 2.19. The molecule has 0 aliphatic rings. The molecule has 0 amide bonds. The van der Waals surface area contributed by atoms with Crippen molar-refractivity contribution in [2.75, 3.05) is 13.2 Å². The second kappa shape index (κ2) is 59.4. The third-order valence-electron chi connectivity index (χ3n) is 12.2. The lowest BCUT2D eigenvalue weighted by Crippen LogP contribution is -2.30. The van der Waals surface area contributed by atoms with Crippen LogP contribution in [0, 0.1) is 0 Å². The zero-order valence-corrected chi connectivity index (χ0v) is 46.7. The summed E-state index contributed by atoms with van der Waals surface area (Å²) in [6.07, 6.45) is 82.2. The molecule has 0 aromatic heterocycles. The minimum Gasteiger partial charge on any atom is -0.462 e. The molecule has 0 saturated heterocycles. The maximum Gasteiger partial charge on any atom is 0.306 e. The molecular weight excluding hydrogens is 889 g/mol. The molecule has 6 heteroatoms. The van der Waals surface area contributed by atoms with E-state index in [-0.39, 0.29) is 37.5 Å². The number of carbonyl (C=O) groups excluding carboxylic acids is 3. The Balaban J connectivity index is 4.31. The Labute approximate surface area is 443 Å². The molecule has 408 valence electrons. The van der Waals surface area contributed by atoms with Crippen LogP contribution in [0.15, 0.2) is 122 Å². The van der Waals surface area contributed by atoms with Crippen molar-refractivity contribution in [1.29, 1.82) is 0 Å². The van der Waals surface area contributed by atoms with Gasteiger partial charge in [0.1, 0.15) is 13.2 Å². The summed E-state index contributed by atoms with van der Waals surface area (Å²) in [7, 11) is 0. The van der Waals surface area contributed by atoms with Gasteiger partial charge in [-0.15, -0.1) is 0 Å². The zero-order chi connectivity index (χ0) is 52.2. The van der Waals surface area contributed by atoms with E-state index in [0.717, 1.165) is 116 Å². The Kier molecular flexibility index (Phi) is 55.9. The van der Waals surface area contributed by atoms with Crippen LogP contribution in [0.1, 0.15) is 258 Å². The molecule has 1 atom stereocenters. The smallest absolute Gasteiger partial charge is 0.306 e. The Hall–Kier alpha value is -4.19. The normalized spacial score (nSPS) is 13.0. The van der Waals surface area contributed by atoms with Gasteiger partial charge < -0.3 is 14.2 Å². The topological polar surface area (TPSA) is 78.9 Å². The van der Waals surface area contributed by atoms with Crippen LogP contribution in [0.2, 0.25) is 0 Å². The predicted molar refractivity (Wildman–Crippen MR) is 311 cm³/mol. The van der Waals surface area contributed by atoms with E-state index in [9.17, 15) is 14.4 Å². The molecule has 0 aromatic rings. The van der Waals surface area contributed by atoms with Gasteiger partial charge in [0, 0.05) is 19.3 Å². The first kappa shape index (κ1) is 67.8. The molecule has 0 rings (SSSR count). The van der Waals surface area contributed by atoms with E-state index >= 15 is 0 Å². The summed E-state index contributed by atoms with van der Waals surface area (Å²) in [5.74, 6) is -1.01. The summed E-state index contributed by atoms with van der Waals surface area (Å²) in [4.78, 5) is 38.1. The molecule has 0 fully saturated rings. The van der Waals surface area contributed by atoms with Gasteiger partial charge in [0.05, 0.1) is 0 Å². The Morgan fingerprint density at radius 1 is 0.292 bits per heavy atom. The summed E-state index contributed by atoms with van der Waals surface area (Å²) < 4.78 is 16.8. The standard InChI is InChI=1S/C66H108O6/c1-4-7-10-13-16-19-22-25-27-28-29-30-31-32-33-34-35-36-37-38-39-42-44-47-50-53-56-59-65(68)71-62-63(61-70-64(67)58-55-52-49-46-43-40-24-21-18-15-12-9-6-3)72-66(69)60-57-54-51-48-45-41-26-23-20-17-14-11-8-5-2/h7,9-10,12,14,16-19,21,23,25-27,29-30,40,43,49,52,63H,4-6,8,11,13,15,20,22,24,28,31-39,41-42,44-48,50-51,53-62H2,1-3H3/b10-7-,12-9-,17-14-,19-16-,21-18-,26-23-,27-25-,30-29-,43-40-,52-49-. The van der Waals surface area contributed by atoms with Crippen LogP contribution in [-0.2, 0) is 28.6 Å². The third-order valence-corrected chi connectivity index (χ3v) is 12.2. The Bertz CT molecular complexity index is 1520. The number of hydrogen-bond donors (Lipinski definition) is 0. The van der Waals surface area contributed by atoms with E-state index < -0.39 is 6.10 Å². The van der Waals surface area contributed by atoms with Gasteiger partial charge in [-0.1, -0.05) is 251 Å². The Morgan fingerprint density at radius 3 is 0.931 bits per heavy atom. The molecule has 0 aliphatic carbocycles. The van der Waals surface area contributed by atoms with Crippen LogP contribution < -0.4 is 0 Å². The van der Waals surface area contributed by atoms with Gasteiger partial charge in [0.15, 0.2) is 6.10 Å². The summed E-state index contributed by atoms with van der Waals surface area (Å²) in [5.41, 5.74) is 0. The summed E-state index contributed by atoms with van der Waals surface area (Å²) >= 11 is 0. The number of ether oxygens (including phenoxy) is 3. The fourth-order valence-corrected chi connectivity index (χ4v) is 7.82. The SMILES string of the molecule is CC/C=C\C/C=C\C/C=C\C/C=C\CCCCCCCCCCCCCCCCC(=O)OCC(COC(=O)CC/C=C\C/C=C\C/C=C\C/C=C\CC)OC(=O)CCCCCCC/C=C\C/C=C\CCCC. The van der Waals surface area contributed by atoms with E-state index in [2.05, 4.69) is 130 Å². The van der Waals surface area contributed by atoms with Crippen LogP contribution in [0.4, 0.5) is 0 Å². The van der Waals surface area contributed by atoms with Gasteiger partial charge in [-0.25, -0.2) is 0 Å². The molecule has 6 nitrogen and oxygen atoms in total. The van der Waals surface area contributed by atoms with E-state index in [1.807, 2.05) is 12.2 Å². The highest BCUT2D eigenvalue weighted by molar-refractivity contribution is 5.71. The van der Waals surface area contributed by atoms with Crippen molar-refractivity contribution in [2.45, 2.75) is 264 Å². The van der Waals surface area contributed by atoms with Crippen molar-refractivity contribution in [3.05, 3.63) is 122 Å². The highest BCUT2D eigenvalue weighted by atomic mass is 16.6. The second-order valence-corrected chi connectivity index (χ2v) is 19.1. The Morgan fingerprint density at radius 2 is 0.569 bits per heavy atom. The van der Waals surface area contributed by atoms with Gasteiger partial charge in [0.2, 0.25) is 0 Å². The fraction of sp³-hybridized carbons (Fsp3) is 0.652. The fourth-order valence-electron chi connectivity index (χ4n) is 7.82. The van der Waals surface area contributed by atoms with Crippen molar-refractivity contribution in [1.82, 2.24) is 0 Å². The van der Waals surface area contributed by atoms with Crippen molar-refractivity contribution in [2.24, 2.45) is 0 Å². The van der Waals surface area contributed by atoms with Crippen LogP contribution in [0.3, 0.4) is 0 Å². The summed E-state index contributed by atoms with van der Waals surface area (Å²) in [6, 6.07) is 0. The van der Waals surface area contributed by atoms with Crippen LogP contribution in [0.25, 0.3) is 0 Å². The first-order chi connectivity index (χ1) is 35.5. The number of unbranched alkanes of at least 4 members (excludes halogenated alkanes) is 21. The molecule has 0 radical (unpaired) electrons. The van der Waals surface area contributed by atoms with E-state index in [4.69, 9.17) is 14.2 Å². The van der Waals surface area contributed by atoms with Crippen LogP contribution in [0.5, 0.6) is 0 Å². The summed E-state index contributed by atoms with van der Waals surface area (Å²) in [5, 5.41) is 0. The second-order valence-electron chi connectivity index (χ2n) is 19.1. The number of allylic oxidation sites excluding steroid dienone is 20. The lowest BCUT2D eigenvalue weighted by molar-refractivity contribution is -0.166. The minimum absolute atomic E-state index is 0.108. The summed E-state index contributed by atoms with van der Waals surface area (Å²) in [6.45, 7) is 6.29. The van der Waals surface area contributed by atoms with Crippen LogP contribution >= 0.6 is 0 Å². The molecule has 72 heavy (non-hydrogen) atoms. The molecule has 0 N–H and O–H groups in total. The maximum absolute atomic E-state index is 12.8. The van der Waals surface area contributed by atoms with Gasteiger partial charge in [-0.3, -0.25) is 14.4 Å². The van der Waals surface area contributed by atoms with E-state index in [1.165, 1.54) is 96.3 Å². The van der Waals surface area contributed by atoms with Gasteiger partial charge in [-0.2, -0.15) is 0 Å². The highest BCUT2D eigenvalue weighted by Crippen LogP contribution is 2.15. The monoisotopic (exact) mass is 997 g/mol. The molecule has 0 bridgehead atoms. The third kappa shape index (κ3) is 56.7. The predicted octanol–water partition coefficient (Wildman–Crippen LogP) is 20.0. The van der Waals surface area contributed by atoms with E-state index in [0.29, 0.717) is 19.3 Å². The number of carbonyl (C=O) groups is 3. The number of hydrogen-bond acceptors (Lipinski definition) is 6. The number of esters is 3. The van der Waals surface area contributed by atoms with Crippen molar-refractivity contribution in [3.8, 4) is 0 Å². The quantitative estimate of drug-likeness (QED) is 0.0261.